The lowest BCUT2D eigenvalue weighted by molar-refractivity contribution is -0.164. The summed E-state index contributed by atoms with van der Waals surface area (Å²) in [5.41, 5.74) is 1.65. The Kier molecular flexibility index (Phi) is 17.2. The number of rotatable bonds is 21. The predicted molar refractivity (Wildman–Crippen MR) is 258 cm³/mol. The van der Waals surface area contributed by atoms with Crippen molar-refractivity contribution >= 4 is 35.2 Å². The monoisotopic (exact) mass is 956 g/mol. The molecule has 4 amide bonds. The summed E-state index contributed by atoms with van der Waals surface area (Å²) in [6.07, 6.45) is 1.32. The lowest BCUT2D eigenvalue weighted by Crippen LogP contribution is -2.74. The molecule has 68 heavy (non-hydrogen) atoms. The minimum Gasteiger partial charge on any atom is -0.491 e. The number of benzene rings is 3. The molecule has 1 heterocycles. The van der Waals surface area contributed by atoms with Gasteiger partial charge in [-0.25, -0.2) is 0 Å². The number of hydrogen-bond acceptors (Lipinski definition) is 11. The van der Waals surface area contributed by atoms with Crippen LogP contribution in [0.2, 0.25) is 5.02 Å². The lowest BCUT2D eigenvalue weighted by atomic mass is 9.49. The van der Waals surface area contributed by atoms with E-state index in [0.29, 0.717) is 93.1 Å². The van der Waals surface area contributed by atoms with Crippen LogP contribution in [0.4, 0.5) is 0 Å². The molecular weight excluding hydrogens is 888 g/mol. The number of likely N-dealkylation sites (N-methyl/N-ethyl adjacent to an activating group) is 1. The number of fused-ring (bicyclic) bond motifs is 1. The summed E-state index contributed by atoms with van der Waals surface area (Å²) in [4.78, 5) is 55.8. The maximum atomic E-state index is 14.0. The van der Waals surface area contributed by atoms with Gasteiger partial charge in [0.05, 0.1) is 61.8 Å². The van der Waals surface area contributed by atoms with Gasteiger partial charge in [0.2, 0.25) is 17.7 Å². The van der Waals surface area contributed by atoms with Gasteiger partial charge in [-0.05, 0) is 79.8 Å². The van der Waals surface area contributed by atoms with Crippen molar-refractivity contribution in [2.45, 2.75) is 117 Å². The van der Waals surface area contributed by atoms with Gasteiger partial charge in [-0.3, -0.25) is 19.2 Å². The normalized spacial score (nSPS) is 22.2. The minimum absolute atomic E-state index is 0.166. The van der Waals surface area contributed by atoms with E-state index in [0.717, 1.165) is 11.1 Å². The molecule has 5 atom stereocenters. The van der Waals surface area contributed by atoms with Crippen LogP contribution >= 0.6 is 11.6 Å². The molecule has 1 aliphatic heterocycles. The highest BCUT2D eigenvalue weighted by Gasteiger charge is 2.64. The fraction of sp³-hybridized carbons (Fsp3) is 0.558. The van der Waals surface area contributed by atoms with Crippen LogP contribution < -0.4 is 30.7 Å². The van der Waals surface area contributed by atoms with E-state index in [1.807, 2.05) is 45.0 Å². The first-order valence-electron chi connectivity index (χ1n) is 23.6. The van der Waals surface area contributed by atoms with Crippen molar-refractivity contribution in [1.29, 1.82) is 5.26 Å². The summed E-state index contributed by atoms with van der Waals surface area (Å²) in [6.45, 7) is 18.2. The van der Waals surface area contributed by atoms with Gasteiger partial charge in [-0.2, -0.15) is 5.26 Å². The Labute approximate surface area is 406 Å². The first-order valence-corrected chi connectivity index (χ1v) is 24.0. The zero-order chi connectivity index (χ0) is 49.4. The quantitative estimate of drug-likeness (QED) is 0.0895. The molecule has 4 N–H and O–H groups in total. The third kappa shape index (κ3) is 12.1. The molecule has 16 heteroatoms. The summed E-state index contributed by atoms with van der Waals surface area (Å²) < 4.78 is 30.0. The Morgan fingerprint density at radius 1 is 0.882 bits per heavy atom. The van der Waals surface area contributed by atoms with E-state index in [2.05, 4.69) is 55.0 Å². The number of likely N-dealkylation sites (tertiary alicyclic amines) is 1. The smallest absolute Gasteiger partial charge is 0.251 e. The van der Waals surface area contributed by atoms with Crippen molar-refractivity contribution in [2.24, 2.45) is 16.2 Å². The maximum Gasteiger partial charge on any atom is 0.251 e. The molecule has 15 nitrogen and oxygen atoms in total. The van der Waals surface area contributed by atoms with Crippen LogP contribution in [0.25, 0.3) is 0 Å². The Morgan fingerprint density at radius 3 is 2.18 bits per heavy atom. The topological polar surface area (TPSA) is 190 Å². The van der Waals surface area contributed by atoms with Crippen molar-refractivity contribution in [2.75, 3.05) is 53.2 Å². The van der Waals surface area contributed by atoms with Crippen molar-refractivity contribution in [3.63, 3.8) is 0 Å². The number of ether oxygens (including phenoxy) is 5. The third-order valence-electron chi connectivity index (χ3n) is 13.5. The Balaban J connectivity index is 0.885. The average Bonchev–Trinajstić information content (AvgIpc) is 3.94. The lowest BCUT2D eigenvalue weighted by Gasteiger charge is -2.63. The average molecular weight is 958 g/mol. The van der Waals surface area contributed by atoms with E-state index >= 15 is 0 Å². The van der Waals surface area contributed by atoms with Crippen molar-refractivity contribution in [1.82, 2.24) is 26.2 Å². The number of nitriles is 1. The molecule has 0 radical (unpaired) electrons. The summed E-state index contributed by atoms with van der Waals surface area (Å²) in [5.74, 6) is 0.232. The van der Waals surface area contributed by atoms with Crippen LogP contribution in [-0.4, -0.2) is 118 Å². The third-order valence-corrected chi connectivity index (χ3v) is 13.8. The number of nitrogens with zero attached hydrogens (tertiary/aromatic N) is 2. The fourth-order valence-electron chi connectivity index (χ4n) is 9.96. The number of hydrogen-bond donors (Lipinski definition) is 4. The van der Waals surface area contributed by atoms with Gasteiger partial charge in [0.25, 0.3) is 5.91 Å². The second kappa shape index (κ2) is 22.5. The Morgan fingerprint density at radius 2 is 1.53 bits per heavy atom. The molecule has 0 bridgehead atoms. The highest BCUT2D eigenvalue weighted by atomic mass is 35.5. The SMILES string of the molecule is CN[C@@H](C)C(=O)N[C@H](C(=O)N1CCC[C@H]1C(=O)N[C@H]1c2ccccc2C[C@H]1OCCOCCOCCOc1ccc(C(=O)N[C@H]2C(C)(C)[C@H](Oc3ccc(C#N)c(Cl)c3)C2(C)C)cc1)C(C)(C)C. The Hall–Kier alpha value is -5.24. The van der Waals surface area contributed by atoms with Gasteiger partial charge in [0.15, 0.2) is 0 Å². The van der Waals surface area contributed by atoms with E-state index in [1.54, 1.807) is 61.3 Å². The summed E-state index contributed by atoms with van der Waals surface area (Å²) in [6, 6.07) is 19.6. The Bertz CT molecular complexity index is 2280. The van der Waals surface area contributed by atoms with Crippen molar-refractivity contribution < 1.29 is 42.9 Å². The van der Waals surface area contributed by atoms with Crippen LogP contribution in [0.15, 0.2) is 66.7 Å². The van der Waals surface area contributed by atoms with Gasteiger partial charge < -0.3 is 49.9 Å². The molecule has 1 saturated heterocycles. The van der Waals surface area contributed by atoms with E-state index in [1.165, 1.54) is 0 Å². The van der Waals surface area contributed by atoms with Gasteiger partial charge in [0.1, 0.15) is 42.4 Å². The van der Waals surface area contributed by atoms with E-state index in [4.69, 9.17) is 35.3 Å². The van der Waals surface area contributed by atoms with Crippen LogP contribution in [0.3, 0.4) is 0 Å². The molecule has 2 aliphatic carbocycles. The largest absolute Gasteiger partial charge is 0.491 e. The molecule has 3 aromatic carbocycles. The molecule has 2 fully saturated rings. The van der Waals surface area contributed by atoms with Crippen LogP contribution in [0.5, 0.6) is 11.5 Å². The predicted octanol–water partition coefficient (Wildman–Crippen LogP) is 6.16. The first kappa shape index (κ1) is 52.1. The zero-order valence-corrected chi connectivity index (χ0v) is 41.7. The van der Waals surface area contributed by atoms with Crippen LogP contribution in [0, 0.1) is 27.6 Å². The van der Waals surface area contributed by atoms with Crippen molar-refractivity contribution in [3.8, 4) is 17.6 Å². The highest BCUT2D eigenvalue weighted by molar-refractivity contribution is 6.31. The standard InChI is InChI=1S/C52H69ClN6O9/c1-32(55-9)44(60)57-43(50(2,3)4)47(63)59-22-12-15-40(59)46(62)56-42-38-14-11-10-13-34(38)29-41(42)67-28-26-65-24-23-64-25-27-66-36-19-16-33(17-20-36)45(61)58-48-51(5,6)49(52(48,7)8)68-37-21-18-35(31-54)39(53)30-37/h10-11,13-14,16-21,30,32,40-43,48-49,55H,12,15,22-29H2,1-9H3,(H,56,62)(H,57,60)(H,58,61)/t32-,40-,41+,42-,43+,48-,49-/m0/s1. The minimum atomic E-state index is -0.797. The molecule has 368 valence electrons. The maximum absolute atomic E-state index is 14.0. The molecule has 1 saturated carbocycles. The highest BCUT2D eigenvalue weighted by Crippen LogP contribution is 2.55. The van der Waals surface area contributed by atoms with Gasteiger partial charge >= 0.3 is 0 Å². The molecule has 3 aliphatic rings. The van der Waals surface area contributed by atoms with Gasteiger partial charge in [-0.15, -0.1) is 0 Å². The summed E-state index contributed by atoms with van der Waals surface area (Å²) >= 11 is 6.24. The van der Waals surface area contributed by atoms with Crippen LogP contribution in [-0.2, 0) is 35.0 Å². The van der Waals surface area contributed by atoms with Crippen molar-refractivity contribution in [3.05, 3.63) is 94.0 Å². The second-order valence-electron chi connectivity index (χ2n) is 20.2. The van der Waals surface area contributed by atoms with Crippen LogP contribution in [0.1, 0.15) is 101 Å². The number of halogens is 1. The molecule has 0 spiro atoms. The number of carbonyl (C=O) groups excluding carboxylic acids is 4. The van der Waals surface area contributed by atoms with Gasteiger partial charge in [-0.1, -0.05) is 84.3 Å². The van der Waals surface area contributed by atoms with E-state index in [-0.39, 0.29) is 52.7 Å². The van der Waals surface area contributed by atoms with E-state index in [9.17, 15) is 24.4 Å². The van der Waals surface area contributed by atoms with E-state index < -0.39 is 29.6 Å². The van der Waals surface area contributed by atoms with Gasteiger partial charge in [0, 0.05) is 41.5 Å². The molecular formula is C52H69ClN6O9. The first-order chi connectivity index (χ1) is 32.3. The number of nitrogens with one attached hydrogen (secondary N) is 4. The number of carbonyl (C=O) groups is 4. The second-order valence-corrected chi connectivity index (χ2v) is 20.6. The molecule has 0 unspecified atom stereocenters. The fourth-order valence-corrected chi connectivity index (χ4v) is 10.2. The molecule has 0 aromatic heterocycles. The zero-order valence-electron chi connectivity index (χ0n) is 40.9. The summed E-state index contributed by atoms with van der Waals surface area (Å²) in [7, 11) is 1.69. The molecule has 6 rings (SSSR count). The number of amides is 4. The molecule has 3 aromatic rings. The summed E-state index contributed by atoms with van der Waals surface area (Å²) in [5, 5.41) is 21.8.